The van der Waals surface area contributed by atoms with Crippen LogP contribution in [-0.2, 0) is 0 Å². The summed E-state index contributed by atoms with van der Waals surface area (Å²) < 4.78 is 0. The average Bonchev–Trinajstić information content (AvgIpc) is 2.58. The molecule has 0 N–H and O–H groups in total. The van der Waals surface area contributed by atoms with Crippen LogP contribution in [0.4, 0.5) is 11.4 Å². The van der Waals surface area contributed by atoms with Crippen LogP contribution in [0.2, 0.25) is 0 Å². The average molecular weight is 298 g/mol. The Bertz CT molecular complexity index is 536. The molecule has 0 aliphatic rings. The largest absolute Gasteiger partial charge is 0.372 e. The minimum absolute atomic E-state index is 0.929. The van der Waals surface area contributed by atoms with Crippen molar-refractivity contribution < 1.29 is 0 Å². The molecule has 2 aromatic rings. The quantitative estimate of drug-likeness (QED) is 0.777. The van der Waals surface area contributed by atoms with Crippen molar-refractivity contribution in [3.05, 3.63) is 36.7 Å². The van der Waals surface area contributed by atoms with Gasteiger partial charge < -0.3 is 9.80 Å². The van der Waals surface area contributed by atoms with Gasteiger partial charge in [0.25, 0.3) is 0 Å². The van der Waals surface area contributed by atoms with E-state index in [1.54, 1.807) is 0 Å². The van der Waals surface area contributed by atoms with Gasteiger partial charge in [0.1, 0.15) is 0 Å². The van der Waals surface area contributed by atoms with E-state index in [0.29, 0.717) is 0 Å². The topological polar surface area (TPSA) is 32.3 Å². The lowest BCUT2D eigenvalue weighted by molar-refractivity contribution is 0.863. The maximum absolute atomic E-state index is 4.51. The fraction of sp³-hybridized carbons (Fsp3) is 0.444. The highest BCUT2D eigenvalue weighted by molar-refractivity contribution is 5.65. The maximum atomic E-state index is 4.51. The van der Waals surface area contributed by atoms with Gasteiger partial charge in [-0.25, -0.2) is 0 Å². The summed E-state index contributed by atoms with van der Waals surface area (Å²) >= 11 is 0. The number of hydrogen-bond donors (Lipinski definition) is 0. The van der Waals surface area contributed by atoms with Crippen molar-refractivity contribution in [2.45, 2.75) is 27.7 Å². The van der Waals surface area contributed by atoms with E-state index in [4.69, 9.17) is 0 Å². The first-order valence-corrected chi connectivity index (χ1v) is 8.15. The molecule has 22 heavy (non-hydrogen) atoms. The third kappa shape index (κ3) is 3.56. The van der Waals surface area contributed by atoms with Gasteiger partial charge in [0.2, 0.25) is 0 Å². The molecule has 0 aliphatic carbocycles. The highest BCUT2D eigenvalue weighted by Gasteiger charge is 2.08. The summed E-state index contributed by atoms with van der Waals surface area (Å²) in [5.74, 6) is 0. The van der Waals surface area contributed by atoms with Gasteiger partial charge in [-0.15, -0.1) is 0 Å². The van der Waals surface area contributed by atoms with Crippen LogP contribution in [0.15, 0.2) is 36.7 Å². The smallest absolute Gasteiger partial charge is 0.0907 e. The molecule has 0 saturated heterocycles. The zero-order valence-corrected chi connectivity index (χ0v) is 14.1. The molecule has 0 amide bonds. The Morgan fingerprint density at radius 2 is 1.05 bits per heavy atom. The van der Waals surface area contributed by atoms with Gasteiger partial charge in [-0.3, -0.25) is 9.97 Å². The zero-order chi connectivity index (χ0) is 15.9. The van der Waals surface area contributed by atoms with E-state index < -0.39 is 0 Å². The van der Waals surface area contributed by atoms with Crippen molar-refractivity contribution in [1.82, 2.24) is 9.97 Å². The van der Waals surface area contributed by atoms with Crippen molar-refractivity contribution in [3.8, 4) is 11.4 Å². The Morgan fingerprint density at radius 1 is 0.682 bits per heavy atom. The molecule has 0 radical (unpaired) electrons. The molecule has 0 fully saturated rings. The van der Waals surface area contributed by atoms with Gasteiger partial charge in [-0.1, -0.05) is 0 Å². The fourth-order valence-corrected chi connectivity index (χ4v) is 2.69. The van der Waals surface area contributed by atoms with Gasteiger partial charge in [0.15, 0.2) is 0 Å². The van der Waals surface area contributed by atoms with Crippen molar-refractivity contribution in [1.29, 1.82) is 0 Å². The molecule has 118 valence electrons. The molecule has 2 aromatic heterocycles. The lowest BCUT2D eigenvalue weighted by atomic mass is 10.2. The number of anilines is 2. The molecular weight excluding hydrogens is 272 g/mol. The standard InChI is InChI=1S/C18H26N4/c1-5-21(6-2)15-9-11-19-17(13-15)18-14-16(10-12-20-18)22(7-3)8-4/h9-14H,5-8H2,1-4H3. The molecule has 4 heteroatoms. The predicted octanol–water partition coefficient (Wildman–Crippen LogP) is 3.84. The van der Waals surface area contributed by atoms with E-state index in [2.05, 4.69) is 71.7 Å². The first kappa shape index (κ1) is 16.3. The fourth-order valence-electron chi connectivity index (χ4n) is 2.69. The number of aromatic nitrogens is 2. The Balaban J connectivity index is 2.36. The van der Waals surface area contributed by atoms with E-state index in [-0.39, 0.29) is 0 Å². The van der Waals surface area contributed by atoms with E-state index >= 15 is 0 Å². The molecule has 0 saturated carbocycles. The molecule has 0 atom stereocenters. The number of pyridine rings is 2. The van der Waals surface area contributed by atoms with Crippen LogP contribution in [-0.4, -0.2) is 36.1 Å². The Morgan fingerprint density at radius 3 is 1.36 bits per heavy atom. The lowest BCUT2D eigenvalue weighted by Crippen LogP contribution is -2.22. The Labute approximate surface area is 133 Å². The normalized spacial score (nSPS) is 10.5. The second-order valence-corrected chi connectivity index (χ2v) is 5.14. The number of nitrogens with zero attached hydrogens (tertiary/aromatic N) is 4. The van der Waals surface area contributed by atoms with Crippen LogP contribution in [0.25, 0.3) is 11.4 Å². The summed E-state index contributed by atoms with van der Waals surface area (Å²) in [6.07, 6.45) is 3.74. The van der Waals surface area contributed by atoms with Gasteiger partial charge >= 0.3 is 0 Å². The molecule has 0 aliphatic heterocycles. The van der Waals surface area contributed by atoms with Gasteiger partial charge in [-0.05, 0) is 52.0 Å². The minimum Gasteiger partial charge on any atom is -0.372 e. The summed E-state index contributed by atoms with van der Waals surface area (Å²) in [4.78, 5) is 13.6. The molecule has 0 aromatic carbocycles. The van der Waals surface area contributed by atoms with E-state index in [1.807, 2.05) is 12.4 Å². The summed E-state index contributed by atoms with van der Waals surface area (Å²) in [5.41, 5.74) is 4.26. The zero-order valence-electron chi connectivity index (χ0n) is 14.1. The molecule has 2 heterocycles. The van der Waals surface area contributed by atoms with Crippen molar-refractivity contribution in [3.63, 3.8) is 0 Å². The third-order valence-electron chi connectivity index (χ3n) is 4.01. The number of hydrogen-bond acceptors (Lipinski definition) is 4. The second-order valence-electron chi connectivity index (χ2n) is 5.14. The molecule has 0 bridgehead atoms. The van der Waals surface area contributed by atoms with E-state index in [1.165, 1.54) is 11.4 Å². The molecule has 2 rings (SSSR count). The highest BCUT2D eigenvalue weighted by Crippen LogP contribution is 2.24. The maximum Gasteiger partial charge on any atom is 0.0907 e. The summed E-state index contributed by atoms with van der Waals surface area (Å²) in [5, 5.41) is 0. The van der Waals surface area contributed by atoms with Crippen LogP contribution in [0.1, 0.15) is 27.7 Å². The third-order valence-corrected chi connectivity index (χ3v) is 4.01. The van der Waals surface area contributed by atoms with Crippen LogP contribution in [0.5, 0.6) is 0 Å². The molecule has 0 unspecified atom stereocenters. The summed E-state index contributed by atoms with van der Waals surface area (Å²) in [6, 6.07) is 8.37. The van der Waals surface area contributed by atoms with Crippen molar-refractivity contribution >= 4 is 11.4 Å². The molecule has 4 nitrogen and oxygen atoms in total. The van der Waals surface area contributed by atoms with Crippen molar-refractivity contribution in [2.75, 3.05) is 36.0 Å². The lowest BCUT2D eigenvalue weighted by Gasteiger charge is -2.22. The first-order valence-electron chi connectivity index (χ1n) is 8.15. The van der Waals surface area contributed by atoms with E-state index in [9.17, 15) is 0 Å². The van der Waals surface area contributed by atoms with Crippen LogP contribution in [0.3, 0.4) is 0 Å². The second kappa shape index (κ2) is 7.78. The van der Waals surface area contributed by atoms with Gasteiger partial charge in [0, 0.05) is 49.9 Å². The van der Waals surface area contributed by atoms with Crippen LogP contribution in [0, 0.1) is 0 Å². The predicted molar refractivity (Wildman–Crippen MR) is 94.6 cm³/mol. The van der Waals surface area contributed by atoms with Crippen LogP contribution < -0.4 is 9.80 Å². The monoisotopic (exact) mass is 298 g/mol. The van der Waals surface area contributed by atoms with Gasteiger partial charge in [0.05, 0.1) is 11.4 Å². The highest BCUT2D eigenvalue weighted by atomic mass is 15.1. The van der Waals surface area contributed by atoms with Crippen molar-refractivity contribution in [2.24, 2.45) is 0 Å². The first-order chi connectivity index (χ1) is 10.7. The Kier molecular flexibility index (Phi) is 5.75. The summed E-state index contributed by atoms with van der Waals surface area (Å²) in [6.45, 7) is 12.6. The van der Waals surface area contributed by atoms with Crippen LogP contribution >= 0.6 is 0 Å². The SMILES string of the molecule is CCN(CC)c1ccnc(-c2cc(N(CC)CC)ccn2)c1. The van der Waals surface area contributed by atoms with E-state index in [0.717, 1.165) is 37.6 Å². The number of rotatable bonds is 7. The Hall–Kier alpha value is -2.10. The molecular formula is C18H26N4. The van der Waals surface area contributed by atoms with Gasteiger partial charge in [-0.2, -0.15) is 0 Å². The minimum atomic E-state index is 0.929. The summed E-state index contributed by atoms with van der Waals surface area (Å²) in [7, 11) is 0. The molecule has 0 spiro atoms.